The van der Waals surface area contributed by atoms with Crippen molar-refractivity contribution in [1.29, 1.82) is 0 Å². The van der Waals surface area contributed by atoms with Crippen LogP contribution in [0.3, 0.4) is 0 Å². The van der Waals surface area contributed by atoms with Gasteiger partial charge in [0.25, 0.3) is 0 Å². The van der Waals surface area contributed by atoms with Crippen LogP contribution in [0.4, 0.5) is 8.78 Å². The van der Waals surface area contributed by atoms with Gasteiger partial charge < -0.3 is 0 Å². The second kappa shape index (κ2) is 4.04. The summed E-state index contributed by atoms with van der Waals surface area (Å²) in [5.41, 5.74) is 1.49. The summed E-state index contributed by atoms with van der Waals surface area (Å²) in [7, 11) is 1.77. The molecule has 21 heavy (non-hydrogen) atoms. The minimum Gasteiger partial charge on any atom is -0.250 e. The smallest absolute Gasteiger partial charge is 0.250 e. The third-order valence-electron chi connectivity index (χ3n) is 3.11. The van der Waals surface area contributed by atoms with E-state index in [1.165, 1.54) is 23.1 Å². The standard InChI is InChI=1S/C11H8F2N8/c1-19-9-6(4-15-19)10-16-8(18-21(10)5-14-9)7-2-3-20(17-7)11(12)13/h2-5,11H,1H3. The first-order chi connectivity index (χ1) is 10.1. The predicted octanol–water partition coefficient (Wildman–Crippen LogP) is 1.27. The van der Waals surface area contributed by atoms with E-state index in [-0.39, 0.29) is 11.5 Å². The van der Waals surface area contributed by atoms with E-state index in [4.69, 9.17) is 0 Å². The van der Waals surface area contributed by atoms with Gasteiger partial charge in [-0.3, -0.25) is 4.68 Å². The first kappa shape index (κ1) is 11.9. The van der Waals surface area contributed by atoms with Crippen molar-refractivity contribution < 1.29 is 8.78 Å². The molecule has 0 aromatic carbocycles. The van der Waals surface area contributed by atoms with Gasteiger partial charge in [0.15, 0.2) is 11.3 Å². The summed E-state index contributed by atoms with van der Waals surface area (Å²) in [6.45, 7) is -2.69. The summed E-state index contributed by atoms with van der Waals surface area (Å²) < 4.78 is 28.7. The van der Waals surface area contributed by atoms with Gasteiger partial charge in [-0.05, 0) is 6.07 Å². The van der Waals surface area contributed by atoms with E-state index in [1.54, 1.807) is 17.9 Å². The van der Waals surface area contributed by atoms with Crippen molar-refractivity contribution in [1.82, 2.24) is 39.1 Å². The van der Waals surface area contributed by atoms with Gasteiger partial charge in [-0.25, -0.2) is 19.2 Å². The van der Waals surface area contributed by atoms with Gasteiger partial charge in [-0.15, -0.1) is 5.10 Å². The average molecular weight is 290 g/mol. The summed E-state index contributed by atoms with van der Waals surface area (Å²) in [6.07, 6.45) is 4.32. The zero-order valence-corrected chi connectivity index (χ0v) is 10.7. The van der Waals surface area contributed by atoms with Crippen LogP contribution >= 0.6 is 0 Å². The highest BCUT2D eigenvalue weighted by molar-refractivity contribution is 5.88. The molecule has 0 saturated carbocycles. The monoisotopic (exact) mass is 290 g/mol. The molecule has 106 valence electrons. The Bertz CT molecular complexity index is 950. The Kier molecular flexibility index (Phi) is 2.29. The number of aryl methyl sites for hydroxylation is 1. The Morgan fingerprint density at radius 1 is 1.19 bits per heavy atom. The molecule has 0 fully saturated rings. The summed E-state index contributed by atoms with van der Waals surface area (Å²) >= 11 is 0. The molecule has 0 radical (unpaired) electrons. The Morgan fingerprint density at radius 3 is 2.81 bits per heavy atom. The highest BCUT2D eigenvalue weighted by Crippen LogP contribution is 2.20. The summed E-state index contributed by atoms with van der Waals surface area (Å²) in [4.78, 5) is 8.56. The molecule has 0 N–H and O–H groups in total. The van der Waals surface area contributed by atoms with Crippen molar-refractivity contribution in [2.24, 2.45) is 7.05 Å². The lowest BCUT2D eigenvalue weighted by atomic mass is 10.4. The number of aromatic nitrogens is 8. The van der Waals surface area contributed by atoms with Crippen molar-refractivity contribution in [2.75, 3.05) is 0 Å². The van der Waals surface area contributed by atoms with Gasteiger partial charge in [0, 0.05) is 13.2 Å². The van der Waals surface area contributed by atoms with E-state index in [2.05, 4.69) is 25.3 Å². The number of hydrogen-bond acceptors (Lipinski definition) is 5. The van der Waals surface area contributed by atoms with Crippen molar-refractivity contribution >= 4 is 16.7 Å². The van der Waals surface area contributed by atoms with E-state index in [1.807, 2.05) is 0 Å². The maximum Gasteiger partial charge on any atom is 0.333 e. The van der Waals surface area contributed by atoms with Crippen molar-refractivity contribution in [3.63, 3.8) is 0 Å². The largest absolute Gasteiger partial charge is 0.333 e. The molecule has 4 aromatic heterocycles. The maximum atomic E-state index is 12.5. The second-order valence-corrected chi connectivity index (χ2v) is 4.41. The zero-order chi connectivity index (χ0) is 14.6. The molecule has 0 aliphatic carbocycles. The Hall–Kier alpha value is -2.91. The fourth-order valence-corrected chi connectivity index (χ4v) is 2.11. The van der Waals surface area contributed by atoms with Crippen LogP contribution in [0.25, 0.3) is 28.2 Å². The molecule has 4 heterocycles. The SMILES string of the molecule is Cn1ncc2c1ncn1nc(-c3ccn(C(F)F)n3)nc21. The minimum atomic E-state index is -2.69. The summed E-state index contributed by atoms with van der Waals surface area (Å²) in [6, 6.07) is 1.44. The number of alkyl halides is 2. The highest BCUT2D eigenvalue weighted by atomic mass is 19.3. The van der Waals surface area contributed by atoms with E-state index < -0.39 is 6.55 Å². The van der Waals surface area contributed by atoms with Crippen molar-refractivity contribution in [3.05, 3.63) is 24.8 Å². The fourth-order valence-electron chi connectivity index (χ4n) is 2.11. The fraction of sp³-hybridized carbons (Fsp3) is 0.182. The van der Waals surface area contributed by atoms with E-state index >= 15 is 0 Å². The lowest BCUT2D eigenvalue weighted by molar-refractivity contribution is 0.0568. The minimum absolute atomic E-state index is 0.257. The van der Waals surface area contributed by atoms with Gasteiger partial charge in [-0.2, -0.15) is 19.0 Å². The molecule has 0 amide bonds. The Balaban J connectivity index is 1.91. The van der Waals surface area contributed by atoms with Gasteiger partial charge in [0.05, 0.1) is 11.6 Å². The first-order valence-corrected chi connectivity index (χ1v) is 6.00. The van der Waals surface area contributed by atoms with Crippen molar-refractivity contribution in [2.45, 2.75) is 6.55 Å². The normalized spacial score (nSPS) is 12.0. The maximum absolute atomic E-state index is 12.5. The van der Waals surface area contributed by atoms with Crippen molar-refractivity contribution in [3.8, 4) is 11.5 Å². The molecule has 8 nitrogen and oxygen atoms in total. The van der Waals surface area contributed by atoms with Crippen LogP contribution in [0.5, 0.6) is 0 Å². The molecule has 0 aliphatic heterocycles. The van der Waals surface area contributed by atoms with Gasteiger partial charge in [0.2, 0.25) is 5.82 Å². The zero-order valence-electron chi connectivity index (χ0n) is 10.7. The lowest BCUT2D eigenvalue weighted by Crippen LogP contribution is -1.98. The van der Waals surface area contributed by atoms with Crippen LogP contribution in [-0.4, -0.2) is 39.1 Å². The van der Waals surface area contributed by atoms with E-state index in [0.717, 1.165) is 5.39 Å². The lowest BCUT2D eigenvalue weighted by Gasteiger charge is -1.95. The number of hydrogen-bond donors (Lipinski definition) is 0. The molecule has 0 spiro atoms. The first-order valence-electron chi connectivity index (χ1n) is 6.00. The molecule has 0 unspecified atom stereocenters. The molecule has 10 heteroatoms. The summed E-state index contributed by atoms with van der Waals surface area (Å²) in [5.74, 6) is 0.257. The third-order valence-corrected chi connectivity index (χ3v) is 3.11. The molecule has 0 atom stereocenters. The van der Waals surface area contributed by atoms with Gasteiger partial charge >= 0.3 is 6.55 Å². The average Bonchev–Trinajstić information content (AvgIpc) is 3.14. The second-order valence-electron chi connectivity index (χ2n) is 4.41. The molecule has 4 rings (SSSR count). The highest BCUT2D eigenvalue weighted by Gasteiger charge is 2.15. The molecule has 0 bridgehead atoms. The number of fused-ring (bicyclic) bond motifs is 3. The van der Waals surface area contributed by atoms with Crippen LogP contribution in [0.1, 0.15) is 6.55 Å². The molecular formula is C11H8F2N8. The van der Waals surface area contributed by atoms with Gasteiger partial charge in [0.1, 0.15) is 12.0 Å². The van der Waals surface area contributed by atoms with Crippen LogP contribution in [0, 0.1) is 0 Å². The topological polar surface area (TPSA) is 78.7 Å². The quantitative estimate of drug-likeness (QED) is 0.555. The molecular weight excluding hydrogens is 282 g/mol. The molecule has 4 aromatic rings. The van der Waals surface area contributed by atoms with E-state index in [9.17, 15) is 8.78 Å². The van der Waals surface area contributed by atoms with Gasteiger partial charge in [-0.1, -0.05) is 0 Å². The predicted molar refractivity (Wildman–Crippen MR) is 67.5 cm³/mol. The third kappa shape index (κ3) is 1.68. The Labute approximate surface area is 115 Å². The summed E-state index contributed by atoms with van der Waals surface area (Å²) in [5, 5.41) is 12.8. The number of nitrogens with zero attached hydrogens (tertiary/aromatic N) is 8. The van der Waals surface area contributed by atoms with E-state index in [0.29, 0.717) is 16.0 Å². The van der Waals surface area contributed by atoms with Crippen LogP contribution in [-0.2, 0) is 7.05 Å². The molecule has 0 saturated heterocycles. The van der Waals surface area contributed by atoms with Crippen LogP contribution in [0.15, 0.2) is 24.8 Å². The Morgan fingerprint density at radius 2 is 2.05 bits per heavy atom. The van der Waals surface area contributed by atoms with Crippen LogP contribution < -0.4 is 0 Å². The number of halogens is 2. The molecule has 0 aliphatic rings. The number of rotatable bonds is 2. The van der Waals surface area contributed by atoms with Crippen LogP contribution in [0.2, 0.25) is 0 Å².